The van der Waals surface area contributed by atoms with Crippen LogP contribution in [0.5, 0.6) is 0 Å². The SMILES string of the molecule is CCCCCCC([SiH](Cl)Cl)[Si](O[Si](C)(C)C)(O[Si](C)(C)C)O[Si](C)(C)C. The van der Waals surface area contributed by atoms with Crippen LogP contribution in [0.15, 0.2) is 0 Å². The lowest BCUT2D eigenvalue weighted by Crippen LogP contribution is -2.64. The molecule has 0 aromatic rings. The van der Waals surface area contributed by atoms with Crippen LogP contribution in [0.2, 0.25) is 64.1 Å². The van der Waals surface area contributed by atoms with E-state index in [0.29, 0.717) is 0 Å². The molecule has 0 radical (unpaired) electrons. The van der Waals surface area contributed by atoms with E-state index in [9.17, 15) is 0 Å². The maximum absolute atomic E-state index is 6.83. The lowest BCUT2D eigenvalue weighted by atomic mass is 10.2. The first-order chi connectivity index (χ1) is 11.5. The molecular formula is C16H42Cl2O3Si5. The summed E-state index contributed by atoms with van der Waals surface area (Å²) in [5.74, 6) is 0. The molecule has 0 heterocycles. The Morgan fingerprint density at radius 3 is 1.35 bits per heavy atom. The van der Waals surface area contributed by atoms with Crippen molar-refractivity contribution >= 4 is 63.3 Å². The van der Waals surface area contributed by atoms with Gasteiger partial charge in [0.15, 0.2) is 25.0 Å². The molecule has 0 aromatic carbocycles. The third-order valence-electron chi connectivity index (χ3n) is 3.47. The Labute approximate surface area is 178 Å². The van der Waals surface area contributed by atoms with Crippen molar-refractivity contribution < 1.29 is 12.3 Å². The predicted octanol–water partition coefficient (Wildman–Crippen LogP) is 7.06. The van der Waals surface area contributed by atoms with E-state index >= 15 is 0 Å². The Morgan fingerprint density at radius 1 is 0.692 bits per heavy atom. The van der Waals surface area contributed by atoms with Gasteiger partial charge in [0.1, 0.15) is 0 Å². The zero-order valence-corrected chi connectivity index (χ0v) is 25.3. The van der Waals surface area contributed by atoms with Crippen LogP contribution in [-0.4, -0.2) is 41.2 Å². The van der Waals surface area contributed by atoms with Crippen LogP contribution in [-0.2, 0) is 12.3 Å². The molecule has 10 heteroatoms. The van der Waals surface area contributed by atoms with Crippen LogP contribution in [0.25, 0.3) is 0 Å². The molecule has 0 N–H and O–H groups in total. The molecular weight excluding hydrogens is 452 g/mol. The van der Waals surface area contributed by atoms with Crippen LogP contribution < -0.4 is 0 Å². The topological polar surface area (TPSA) is 27.7 Å². The molecule has 0 saturated heterocycles. The lowest BCUT2D eigenvalue weighted by molar-refractivity contribution is 0.243. The largest absolute Gasteiger partial charge is 0.472 e. The van der Waals surface area contributed by atoms with Crippen LogP contribution in [0, 0.1) is 0 Å². The fourth-order valence-corrected chi connectivity index (χ4v) is 24.2. The minimum atomic E-state index is -2.97. The second kappa shape index (κ2) is 11.1. The van der Waals surface area contributed by atoms with E-state index in [1.54, 1.807) is 0 Å². The van der Waals surface area contributed by atoms with Gasteiger partial charge in [0.2, 0.25) is 7.42 Å². The molecule has 3 nitrogen and oxygen atoms in total. The highest BCUT2D eigenvalue weighted by Crippen LogP contribution is 2.41. The molecule has 0 aliphatic carbocycles. The molecule has 0 amide bonds. The number of unbranched alkanes of at least 4 members (excludes halogenated alkanes) is 3. The van der Waals surface area contributed by atoms with E-state index in [-0.39, 0.29) is 5.16 Å². The molecule has 0 rings (SSSR count). The highest BCUT2D eigenvalue weighted by atomic mass is 35.7. The summed E-state index contributed by atoms with van der Waals surface area (Å²) in [6.45, 7) is 22.1. The first-order valence-corrected chi connectivity index (χ1v) is 26.1. The molecule has 0 aliphatic heterocycles. The summed E-state index contributed by atoms with van der Waals surface area (Å²) in [5, 5.41) is 0.0767. The van der Waals surface area contributed by atoms with E-state index in [4.69, 9.17) is 34.5 Å². The molecule has 0 saturated carbocycles. The zero-order chi connectivity index (χ0) is 20.8. The van der Waals surface area contributed by atoms with E-state index in [1.165, 1.54) is 19.3 Å². The van der Waals surface area contributed by atoms with Gasteiger partial charge in [0, 0.05) is 5.16 Å². The van der Waals surface area contributed by atoms with Crippen molar-refractivity contribution in [3.8, 4) is 0 Å². The minimum Gasteiger partial charge on any atom is -0.417 e. The Balaban J connectivity index is 5.96. The van der Waals surface area contributed by atoms with Gasteiger partial charge in [-0.15, -0.1) is 0 Å². The first-order valence-electron chi connectivity index (χ1n) is 9.90. The number of hydrogen-bond acceptors (Lipinski definition) is 3. The summed E-state index contributed by atoms with van der Waals surface area (Å²) in [4.78, 5) is 0. The van der Waals surface area contributed by atoms with Crippen molar-refractivity contribution in [2.75, 3.05) is 0 Å². The third-order valence-corrected chi connectivity index (χ3v) is 21.7. The van der Waals surface area contributed by atoms with Crippen molar-refractivity contribution in [3.05, 3.63) is 0 Å². The molecule has 0 spiro atoms. The normalized spacial score (nSPS) is 15.6. The zero-order valence-electron chi connectivity index (χ0n) is 18.7. The summed E-state index contributed by atoms with van der Waals surface area (Å²) in [7, 11) is -10.7. The summed E-state index contributed by atoms with van der Waals surface area (Å²) >= 11 is 13.3. The summed E-state index contributed by atoms with van der Waals surface area (Å²) in [5.41, 5.74) is 0. The number of rotatable bonds is 13. The van der Waals surface area contributed by atoms with Gasteiger partial charge in [0.05, 0.1) is 0 Å². The van der Waals surface area contributed by atoms with Crippen LogP contribution in [0.1, 0.15) is 39.0 Å². The average Bonchev–Trinajstić information content (AvgIpc) is 2.30. The Hall–Kier alpha value is 1.54. The Morgan fingerprint density at radius 2 is 1.08 bits per heavy atom. The van der Waals surface area contributed by atoms with Crippen LogP contribution in [0.3, 0.4) is 0 Å². The standard InChI is InChI=1S/C16H42Cl2O3Si5/c1-11-12-13-14-15-16(22(17)18)26(19-23(2,3)4,20-24(5,6)7)21-25(8,9)10/h16,22H,11-15H2,1-10H3. The molecule has 1 atom stereocenters. The maximum Gasteiger partial charge on any atom is 0.472 e. The van der Waals surface area contributed by atoms with Crippen LogP contribution in [0.4, 0.5) is 0 Å². The first kappa shape index (κ1) is 27.5. The second-order valence-electron chi connectivity index (χ2n) is 10.0. The smallest absolute Gasteiger partial charge is 0.417 e. The van der Waals surface area contributed by atoms with Crippen LogP contribution >= 0.6 is 22.2 Å². The van der Waals surface area contributed by atoms with Gasteiger partial charge < -0.3 is 12.3 Å². The molecule has 0 aromatic heterocycles. The van der Waals surface area contributed by atoms with E-state index in [2.05, 4.69) is 65.8 Å². The van der Waals surface area contributed by atoms with Gasteiger partial charge in [-0.1, -0.05) is 32.6 Å². The summed E-state index contributed by atoms with van der Waals surface area (Å²) < 4.78 is 20.5. The number of hydrogen-bond donors (Lipinski definition) is 0. The van der Waals surface area contributed by atoms with Gasteiger partial charge >= 0.3 is 8.80 Å². The monoisotopic (exact) mass is 492 g/mol. The van der Waals surface area contributed by atoms with Crippen molar-refractivity contribution in [2.24, 2.45) is 0 Å². The minimum absolute atomic E-state index is 0.0767. The summed E-state index contributed by atoms with van der Waals surface area (Å²) in [6.07, 6.45) is 5.76. The predicted molar refractivity (Wildman–Crippen MR) is 130 cm³/mol. The lowest BCUT2D eigenvalue weighted by Gasteiger charge is -2.46. The second-order valence-corrected chi connectivity index (χ2v) is 32.7. The van der Waals surface area contributed by atoms with Gasteiger partial charge in [-0.3, -0.25) is 0 Å². The van der Waals surface area contributed by atoms with Crippen molar-refractivity contribution in [1.82, 2.24) is 0 Å². The third kappa shape index (κ3) is 12.2. The van der Waals surface area contributed by atoms with Gasteiger partial charge in [-0.25, -0.2) is 0 Å². The maximum atomic E-state index is 6.83. The molecule has 26 heavy (non-hydrogen) atoms. The molecule has 1 unspecified atom stereocenters. The fourth-order valence-electron chi connectivity index (χ4n) is 2.82. The van der Waals surface area contributed by atoms with Gasteiger partial charge in [0.25, 0.3) is 0 Å². The number of halogens is 2. The Bertz CT molecular complexity index is 365. The van der Waals surface area contributed by atoms with Crippen molar-refractivity contribution in [2.45, 2.75) is 103 Å². The highest BCUT2D eigenvalue weighted by Gasteiger charge is 2.57. The molecule has 0 aliphatic rings. The van der Waals surface area contributed by atoms with Gasteiger partial charge in [-0.2, -0.15) is 22.2 Å². The summed E-state index contributed by atoms with van der Waals surface area (Å²) in [6, 6.07) is 0. The fraction of sp³-hybridized carbons (Fsp3) is 1.00. The van der Waals surface area contributed by atoms with E-state index < -0.39 is 41.2 Å². The molecule has 0 bridgehead atoms. The highest BCUT2D eigenvalue weighted by molar-refractivity contribution is 7.37. The molecule has 158 valence electrons. The van der Waals surface area contributed by atoms with Gasteiger partial charge in [-0.05, 0) is 65.3 Å². The van der Waals surface area contributed by atoms with Crippen molar-refractivity contribution in [1.29, 1.82) is 0 Å². The molecule has 0 fully saturated rings. The van der Waals surface area contributed by atoms with E-state index in [1.807, 2.05) is 0 Å². The Kier molecular flexibility index (Phi) is 11.7. The quantitative estimate of drug-likeness (QED) is 0.156. The van der Waals surface area contributed by atoms with Crippen molar-refractivity contribution in [3.63, 3.8) is 0 Å². The average molecular weight is 494 g/mol. The van der Waals surface area contributed by atoms with E-state index in [0.717, 1.165) is 12.8 Å².